The summed E-state index contributed by atoms with van der Waals surface area (Å²) < 4.78 is 0. The van der Waals surface area contributed by atoms with Crippen molar-refractivity contribution in [2.75, 3.05) is 24.5 Å². The van der Waals surface area contributed by atoms with Crippen molar-refractivity contribution >= 4 is 11.6 Å². The molecule has 1 heterocycles. The van der Waals surface area contributed by atoms with Gasteiger partial charge in [-0.05, 0) is 50.4 Å². The van der Waals surface area contributed by atoms with E-state index in [0.717, 1.165) is 38.2 Å². The summed E-state index contributed by atoms with van der Waals surface area (Å²) in [6, 6.07) is 20.7. The summed E-state index contributed by atoms with van der Waals surface area (Å²) in [4.78, 5) is 15.2. The predicted molar refractivity (Wildman–Crippen MR) is 121 cm³/mol. The molecule has 2 aromatic carbocycles. The van der Waals surface area contributed by atoms with Crippen molar-refractivity contribution in [2.24, 2.45) is 5.92 Å². The van der Waals surface area contributed by atoms with Gasteiger partial charge in [-0.25, -0.2) is 0 Å². The molecule has 0 aliphatic carbocycles. The third kappa shape index (κ3) is 5.46. The van der Waals surface area contributed by atoms with E-state index in [1.165, 1.54) is 18.4 Å². The van der Waals surface area contributed by atoms with Crippen LogP contribution in [0.4, 0.5) is 5.69 Å². The first-order valence-electron chi connectivity index (χ1n) is 11.0. The van der Waals surface area contributed by atoms with E-state index in [2.05, 4.69) is 60.0 Å². The zero-order valence-corrected chi connectivity index (χ0v) is 17.9. The lowest BCUT2D eigenvalue weighted by molar-refractivity contribution is -0.120. The van der Waals surface area contributed by atoms with Gasteiger partial charge >= 0.3 is 0 Å². The maximum Gasteiger partial charge on any atom is 0.228 e. The van der Waals surface area contributed by atoms with Crippen molar-refractivity contribution in [3.05, 3.63) is 66.2 Å². The highest BCUT2D eigenvalue weighted by Gasteiger charge is 2.42. The fraction of sp³-hybridized carbons (Fsp3) is 0.480. The second kappa shape index (κ2) is 10.6. The molecule has 0 bridgehead atoms. The molecular formula is C25H35N3O. The lowest BCUT2D eigenvalue weighted by Gasteiger charge is -2.47. The van der Waals surface area contributed by atoms with E-state index < -0.39 is 5.66 Å². The fourth-order valence-corrected chi connectivity index (χ4v) is 4.42. The number of anilines is 1. The predicted octanol–water partition coefficient (Wildman–Crippen LogP) is 4.37. The van der Waals surface area contributed by atoms with Crippen LogP contribution in [0.3, 0.4) is 0 Å². The second-order valence-electron chi connectivity index (χ2n) is 8.12. The molecule has 4 heteroatoms. The van der Waals surface area contributed by atoms with Crippen LogP contribution in [0.25, 0.3) is 0 Å². The number of benzene rings is 2. The van der Waals surface area contributed by atoms with Crippen molar-refractivity contribution in [3.63, 3.8) is 0 Å². The van der Waals surface area contributed by atoms with Gasteiger partial charge in [-0.2, -0.15) is 0 Å². The summed E-state index contributed by atoms with van der Waals surface area (Å²) >= 11 is 0. The Hall–Kier alpha value is -2.17. The van der Waals surface area contributed by atoms with Crippen LogP contribution in [0.15, 0.2) is 60.7 Å². The molecule has 1 saturated heterocycles. The number of carbonyl (C=O) groups excluding carboxylic acids is 1. The van der Waals surface area contributed by atoms with E-state index in [-0.39, 0.29) is 5.91 Å². The number of carbonyl (C=O) groups is 1. The van der Waals surface area contributed by atoms with Crippen LogP contribution in [0.1, 0.15) is 45.1 Å². The highest BCUT2D eigenvalue weighted by Crippen LogP contribution is 2.33. The molecule has 1 aliphatic rings. The summed E-state index contributed by atoms with van der Waals surface area (Å²) in [6.45, 7) is 6.99. The first-order valence-corrected chi connectivity index (χ1v) is 11.0. The van der Waals surface area contributed by atoms with E-state index in [1.54, 1.807) is 0 Å². The molecule has 0 saturated carbocycles. The van der Waals surface area contributed by atoms with Crippen LogP contribution >= 0.6 is 0 Å². The lowest BCUT2D eigenvalue weighted by Crippen LogP contribution is -2.65. The van der Waals surface area contributed by atoms with Gasteiger partial charge in [0.25, 0.3) is 0 Å². The van der Waals surface area contributed by atoms with E-state index in [4.69, 9.17) is 0 Å². The number of nitrogens with zero attached hydrogens (tertiary/aromatic N) is 1. The summed E-state index contributed by atoms with van der Waals surface area (Å²) in [5, 5.41) is 7.42. The standard InChI is InChI=1S/C25H35N3O/c1-3-24(29)28(23-15-8-5-9-16-23)25(2,22-14-10-11-18-26-20-22)27-19-17-21-12-6-4-7-13-21/h4-9,12-13,15-16,22,26-27H,3,10-11,14,17-20H2,1-2H3. The van der Waals surface area contributed by atoms with Crippen LogP contribution in [-0.4, -0.2) is 31.2 Å². The molecule has 2 unspecified atom stereocenters. The lowest BCUT2D eigenvalue weighted by atomic mass is 9.87. The molecular weight excluding hydrogens is 358 g/mol. The molecule has 3 rings (SSSR count). The Morgan fingerprint density at radius 3 is 2.48 bits per heavy atom. The van der Waals surface area contributed by atoms with Crippen molar-refractivity contribution in [3.8, 4) is 0 Å². The molecule has 1 amide bonds. The third-order valence-corrected chi connectivity index (χ3v) is 6.11. The van der Waals surface area contributed by atoms with Gasteiger partial charge in [-0.3, -0.25) is 15.0 Å². The highest BCUT2D eigenvalue weighted by molar-refractivity contribution is 5.94. The zero-order valence-electron chi connectivity index (χ0n) is 17.9. The number of hydrogen-bond donors (Lipinski definition) is 2. The Balaban J connectivity index is 1.89. The van der Waals surface area contributed by atoms with Gasteiger partial charge in [0, 0.05) is 31.1 Å². The number of hydrogen-bond acceptors (Lipinski definition) is 3. The van der Waals surface area contributed by atoms with Gasteiger partial charge in [0.2, 0.25) is 5.91 Å². The minimum Gasteiger partial charge on any atom is -0.316 e. The molecule has 4 nitrogen and oxygen atoms in total. The smallest absolute Gasteiger partial charge is 0.228 e. The average Bonchev–Trinajstić information content (AvgIpc) is 3.05. The van der Waals surface area contributed by atoms with Crippen LogP contribution in [0.2, 0.25) is 0 Å². The first kappa shape index (κ1) is 21.5. The van der Waals surface area contributed by atoms with Gasteiger partial charge in [0.05, 0.1) is 5.66 Å². The van der Waals surface area contributed by atoms with Crippen LogP contribution < -0.4 is 15.5 Å². The highest BCUT2D eigenvalue weighted by atomic mass is 16.2. The molecule has 0 aromatic heterocycles. The molecule has 156 valence electrons. The monoisotopic (exact) mass is 393 g/mol. The molecule has 2 aromatic rings. The van der Waals surface area contributed by atoms with E-state index in [1.807, 2.05) is 30.0 Å². The largest absolute Gasteiger partial charge is 0.316 e. The quantitative estimate of drug-likeness (QED) is 0.655. The molecule has 2 atom stereocenters. The Labute approximate surface area is 175 Å². The van der Waals surface area contributed by atoms with Crippen molar-refractivity contribution in [1.82, 2.24) is 10.6 Å². The second-order valence-corrected chi connectivity index (χ2v) is 8.12. The summed E-state index contributed by atoms with van der Waals surface area (Å²) in [5.74, 6) is 0.506. The molecule has 29 heavy (non-hydrogen) atoms. The van der Waals surface area contributed by atoms with Gasteiger partial charge < -0.3 is 5.32 Å². The minimum atomic E-state index is -0.444. The Morgan fingerprint density at radius 1 is 1.10 bits per heavy atom. The van der Waals surface area contributed by atoms with Gasteiger partial charge in [-0.15, -0.1) is 0 Å². The fourth-order valence-electron chi connectivity index (χ4n) is 4.42. The maximum absolute atomic E-state index is 13.2. The number of para-hydroxylation sites is 1. The molecule has 0 spiro atoms. The average molecular weight is 394 g/mol. The summed E-state index contributed by atoms with van der Waals surface area (Å²) in [6.07, 6.45) is 4.94. The Morgan fingerprint density at radius 2 is 1.79 bits per heavy atom. The Kier molecular flexibility index (Phi) is 7.84. The molecule has 1 fully saturated rings. The Bertz CT molecular complexity index is 741. The number of nitrogens with one attached hydrogen (secondary N) is 2. The van der Waals surface area contributed by atoms with E-state index >= 15 is 0 Å². The number of amides is 1. The number of rotatable bonds is 8. The maximum atomic E-state index is 13.2. The van der Waals surface area contributed by atoms with Crippen molar-refractivity contribution in [2.45, 2.75) is 51.6 Å². The van der Waals surface area contributed by atoms with E-state index in [0.29, 0.717) is 12.3 Å². The zero-order chi connectivity index (χ0) is 20.5. The SMILES string of the molecule is CCC(=O)N(c1ccccc1)C(C)(NCCc1ccccc1)C1CCCCNC1. The van der Waals surface area contributed by atoms with Crippen LogP contribution in [0.5, 0.6) is 0 Å². The molecule has 0 radical (unpaired) electrons. The van der Waals surface area contributed by atoms with Crippen molar-refractivity contribution < 1.29 is 4.79 Å². The third-order valence-electron chi connectivity index (χ3n) is 6.11. The minimum absolute atomic E-state index is 0.162. The normalized spacial score (nSPS) is 19.2. The van der Waals surface area contributed by atoms with Gasteiger partial charge in [0.1, 0.15) is 0 Å². The van der Waals surface area contributed by atoms with Crippen molar-refractivity contribution in [1.29, 1.82) is 0 Å². The topological polar surface area (TPSA) is 44.4 Å². The first-order chi connectivity index (χ1) is 14.1. The van der Waals surface area contributed by atoms with Gasteiger partial charge in [-0.1, -0.05) is 61.9 Å². The van der Waals surface area contributed by atoms with E-state index in [9.17, 15) is 4.79 Å². The summed E-state index contributed by atoms with van der Waals surface area (Å²) in [7, 11) is 0. The van der Waals surface area contributed by atoms with Gasteiger partial charge in [0.15, 0.2) is 0 Å². The molecule has 1 aliphatic heterocycles. The molecule has 2 N–H and O–H groups in total. The van der Waals surface area contributed by atoms with Crippen LogP contribution in [0, 0.1) is 5.92 Å². The van der Waals surface area contributed by atoms with Crippen LogP contribution in [-0.2, 0) is 11.2 Å². The summed E-state index contributed by atoms with van der Waals surface area (Å²) in [5.41, 5.74) is 1.84.